The fourth-order valence-corrected chi connectivity index (χ4v) is 2.02. The van der Waals surface area contributed by atoms with Crippen LogP contribution in [0.15, 0.2) is 48.8 Å². The summed E-state index contributed by atoms with van der Waals surface area (Å²) in [5.41, 5.74) is 2.98. The maximum absolute atomic E-state index is 4.05. The van der Waals surface area contributed by atoms with Gasteiger partial charge in [0.25, 0.3) is 0 Å². The van der Waals surface area contributed by atoms with Crippen molar-refractivity contribution in [3.05, 3.63) is 65.5 Å². The van der Waals surface area contributed by atoms with Crippen molar-refractivity contribution >= 4 is 0 Å². The average Bonchev–Trinajstić information content (AvgIpc) is 2.58. The van der Waals surface area contributed by atoms with Crippen LogP contribution in [0.3, 0.4) is 0 Å². The van der Waals surface area contributed by atoms with Gasteiger partial charge in [-0.2, -0.15) is 0 Å². The van der Waals surface area contributed by atoms with E-state index in [1.807, 2.05) is 36.4 Å². The molecule has 0 aliphatic carbocycles. The maximum Gasteiger partial charge on any atom is 0.0432 e. The van der Waals surface area contributed by atoms with Crippen LogP contribution in [0, 0.1) is 23.7 Å². The standard InChI is InChI=1S/C21H21N/c1-2-3-4-5-6-7-9-19-11-13-20(14-12-19)15-16-21-10-8-17-22-18-21/h8,10-14,17-18H,2-6H2,1H3. The van der Waals surface area contributed by atoms with Gasteiger partial charge in [-0.3, -0.25) is 4.98 Å². The molecule has 0 saturated heterocycles. The fourth-order valence-electron chi connectivity index (χ4n) is 2.02. The molecule has 0 atom stereocenters. The first-order valence-corrected chi connectivity index (χ1v) is 7.89. The van der Waals surface area contributed by atoms with E-state index in [0.29, 0.717) is 0 Å². The predicted octanol–water partition coefficient (Wildman–Crippen LogP) is 4.80. The number of hydrogen-bond donors (Lipinski definition) is 0. The molecule has 1 aromatic carbocycles. The highest BCUT2D eigenvalue weighted by Gasteiger charge is 1.89. The lowest BCUT2D eigenvalue weighted by Gasteiger charge is -1.93. The van der Waals surface area contributed by atoms with E-state index in [4.69, 9.17) is 0 Å². The highest BCUT2D eigenvalue weighted by atomic mass is 14.6. The minimum absolute atomic E-state index is 0.929. The summed E-state index contributed by atoms with van der Waals surface area (Å²) >= 11 is 0. The summed E-state index contributed by atoms with van der Waals surface area (Å²) in [5.74, 6) is 12.7. The predicted molar refractivity (Wildman–Crippen MR) is 92.3 cm³/mol. The van der Waals surface area contributed by atoms with E-state index in [1.165, 1.54) is 25.7 Å². The maximum atomic E-state index is 4.05. The minimum Gasteiger partial charge on any atom is -0.263 e. The van der Waals surface area contributed by atoms with Gasteiger partial charge in [0.05, 0.1) is 0 Å². The van der Waals surface area contributed by atoms with Gasteiger partial charge in [0.15, 0.2) is 0 Å². The van der Waals surface area contributed by atoms with E-state index < -0.39 is 0 Å². The molecule has 0 bridgehead atoms. The second-order valence-corrected chi connectivity index (χ2v) is 5.18. The van der Waals surface area contributed by atoms with Crippen molar-refractivity contribution in [3.63, 3.8) is 0 Å². The van der Waals surface area contributed by atoms with Crippen LogP contribution < -0.4 is 0 Å². The van der Waals surface area contributed by atoms with Gasteiger partial charge < -0.3 is 0 Å². The topological polar surface area (TPSA) is 12.9 Å². The average molecular weight is 287 g/mol. The molecule has 1 heterocycles. The number of hydrogen-bond acceptors (Lipinski definition) is 1. The van der Waals surface area contributed by atoms with E-state index >= 15 is 0 Å². The molecule has 0 N–H and O–H groups in total. The molecule has 2 rings (SSSR count). The number of nitrogens with zero attached hydrogens (tertiary/aromatic N) is 1. The molecule has 1 aromatic heterocycles. The smallest absolute Gasteiger partial charge is 0.0432 e. The molecular weight excluding hydrogens is 266 g/mol. The van der Waals surface area contributed by atoms with Crippen molar-refractivity contribution < 1.29 is 0 Å². The summed E-state index contributed by atoms with van der Waals surface area (Å²) in [7, 11) is 0. The van der Waals surface area contributed by atoms with Gasteiger partial charge in [-0.05, 0) is 42.8 Å². The van der Waals surface area contributed by atoms with Crippen molar-refractivity contribution in [2.45, 2.75) is 39.0 Å². The number of rotatable bonds is 4. The van der Waals surface area contributed by atoms with Crippen LogP contribution in [0.4, 0.5) is 0 Å². The van der Waals surface area contributed by atoms with Crippen molar-refractivity contribution in [3.8, 4) is 23.7 Å². The van der Waals surface area contributed by atoms with Crippen LogP contribution in [-0.4, -0.2) is 4.98 Å². The first-order chi connectivity index (χ1) is 10.9. The first kappa shape index (κ1) is 15.9. The van der Waals surface area contributed by atoms with Crippen LogP contribution in [0.2, 0.25) is 0 Å². The molecule has 0 aliphatic rings. The first-order valence-electron chi connectivity index (χ1n) is 7.89. The molecule has 0 fully saturated rings. The summed E-state index contributed by atoms with van der Waals surface area (Å²) < 4.78 is 0. The molecule has 0 spiro atoms. The van der Waals surface area contributed by atoms with Gasteiger partial charge in [-0.1, -0.05) is 49.9 Å². The molecule has 2 aromatic rings. The number of unbranched alkanes of at least 4 members (excludes halogenated alkanes) is 4. The summed E-state index contributed by atoms with van der Waals surface area (Å²) in [6.07, 6.45) is 9.58. The van der Waals surface area contributed by atoms with Crippen LogP contribution in [-0.2, 0) is 0 Å². The quantitative estimate of drug-likeness (QED) is 0.581. The molecule has 0 saturated carbocycles. The van der Waals surface area contributed by atoms with Crippen LogP contribution in [0.5, 0.6) is 0 Å². The number of pyridine rings is 1. The summed E-state index contributed by atoms with van der Waals surface area (Å²) in [4.78, 5) is 4.05. The Morgan fingerprint density at radius 1 is 0.818 bits per heavy atom. The SMILES string of the molecule is CCCCCCC#Cc1ccc(C#Cc2cccnc2)cc1. The Bertz CT molecular complexity index is 676. The Morgan fingerprint density at radius 3 is 2.23 bits per heavy atom. The van der Waals surface area contributed by atoms with Crippen molar-refractivity contribution in [2.75, 3.05) is 0 Å². The summed E-state index contributed by atoms with van der Waals surface area (Å²) in [6.45, 7) is 2.23. The van der Waals surface area contributed by atoms with Gasteiger partial charge in [0.2, 0.25) is 0 Å². The largest absolute Gasteiger partial charge is 0.263 e. The lowest BCUT2D eigenvalue weighted by Crippen LogP contribution is -1.79. The zero-order chi connectivity index (χ0) is 15.5. The van der Waals surface area contributed by atoms with E-state index in [9.17, 15) is 0 Å². The minimum atomic E-state index is 0.929. The highest BCUT2D eigenvalue weighted by Crippen LogP contribution is 2.04. The molecule has 0 radical (unpaired) electrons. The van der Waals surface area contributed by atoms with E-state index in [1.54, 1.807) is 12.4 Å². The zero-order valence-electron chi connectivity index (χ0n) is 13.1. The second kappa shape index (κ2) is 9.43. The summed E-state index contributed by atoms with van der Waals surface area (Å²) in [6, 6.07) is 12.0. The highest BCUT2D eigenvalue weighted by molar-refractivity contribution is 5.45. The van der Waals surface area contributed by atoms with Gasteiger partial charge in [0, 0.05) is 35.5 Å². The molecule has 1 heteroatoms. The lowest BCUT2D eigenvalue weighted by atomic mass is 10.1. The Kier molecular flexibility index (Phi) is 6.80. The Labute approximate surface area is 133 Å². The van der Waals surface area contributed by atoms with Crippen molar-refractivity contribution in [1.29, 1.82) is 0 Å². The van der Waals surface area contributed by atoms with Crippen molar-refractivity contribution in [2.24, 2.45) is 0 Å². The molecule has 1 nitrogen and oxygen atoms in total. The van der Waals surface area contributed by atoms with Gasteiger partial charge in [-0.15, -0.1) is 0 Å². The number of benzene rings is 1. The fraction of sp³-hybridized carbons (Fsp3) is 0.286. The van der Waals surface area contributed by atoms with Crippen LogP contribution in [0.1, 0.15) is 55.7 Å². The third-order valence-corrected chi connectivity index (χ3v) is 3.29. The van der Waals surface area contributed by atoms with Gasteiger partial charge in [0.1, 0.15) is 0 Å². The number of aromatic nitrogens is 1. The van der Waals surface area contributed by atoms with Gasteiger partial charge >= 0.3 is 0 Å². The normalized spacial score (nSPS) is 9.32. The summed E-state index contributed by atoms with van der Waals surface area (Å²) in [5, 5.41) is 0. The third-order valence-electron chi connectivity index (χ3n) is 3.29. The van der Waals surface area contributed by atoms with E-state index in [2.05, 4.69) is 35.6 Å². The van der Waals surface area contributed by atoms with Crippen LogP contribution >= 0.6 is 0 Å². The third kappa shape index (κ3) is 5.86. The Morgan fingerprint density at radius 2 is 1.55 bits per heavy atom. The molecular formula is C21H21N. The van der Waals surface area contributed by atoms with Gasteiger partial charge in [-0.25, -0.2) is 0 Å². The van der Waals surface area contributed by atoms with E-state index in [0.717, 1.165) is 23.1 Å². The van der Waals surface area contributed by atoms with Crippen molar-refractivity contribution in [1.82, 2.24) is 4.98 Å². The molecule has 0 amide bonds. The Hall–Kier alpha value is -2.51. The second-order valence-electron chi connectivity index (χ2n) is 5.18. The van der Waals surface area contributed by atoms with E-state index in [-0.39, 0.29) is 0 Å². The molecule has 0 aliphatic heterocycles. The Balaban J connectivity index is 1.88. The van der Waals surface area contributed by atoms with Crippen LogP contribution in [0.25, 0.3) is 0 Å². The molecule has 0 unspecified atom stereocenters. The molecule has 110 valence electrons. The molecule has 22 heavy (non-hydrogen) atoms. The lowest BCUT2D eigenvalue weighted by molar-refractivity contribution is 0.679. The monoisotopic (exact) mass is 287 g/mol. The zero-order valence-corrected chi connectivity index (χ0v) is 13.1.